The van der Waals surface area contributed by atoms with Crippen molar-refractivity contribution in [2.45, 2.75) is 58.7 Å². The number of esters is 1. The van der Waals surface area contributed by atoms with Gasteiger partial charge in [-0.25, -0.2) is 9.59 Å². The first-order valence-electron chi connectivity index (χ1n) is 10.5. The summed E-state index contributed by atoms with van der Waals surface area (Å²) in [5, 5.41) is 11.5. The Balaban J connectivity index is 2.30. The Morgan fingerprint density at radius 3 is 2.44 bits per heavy atom. The molecule has 0 saturated carbocycles. The molecule has 1 aromatic carbocycles. The zero-order valence-corrected chi connectivity index (χ0v) is 19.6. The maximum atomic E-state index is 13.0. The number of carbonyl (C=O) groups is 2. The van der Waals surface area contributed by atoms with Crippen molar-refractivity contribution >= 4 is 17.7 Å². The summed E-state index contributed by atoms with van der Waals surface area (Å²) in [6.45, 7) is 7.12. The number of hydrogen-bond acceptors (Lipinski definition) is 8. The molecule has 34 heavy (non-hydrogen) atoms. The van der Waals surface area contributed by atoms with Gasteiger partial charge in [-0.1, -0.05) is 0 Å². The Kier molecular flexibility index (Phi) is 8.35. The number of alkyl halides is 3. The largest absolute Gasteiger partial charge is 0.573 e. The molecule has 1 aromatic rings. The van der Waals surface area contributed by atoms with Gasteiger partial charge in [0, 0.05) is 50.4 Å². The van der Waals surface area contributed by atoms with E-state index < -0.39 is 45.9 Å². The zero-order valence-electron chi connectivity index (χ0n) is 19.6. The SMILES string of the molecule is CCOC(=O)c1cc(OC(F)(F)F)c(CN2CCC(N(C)C(=O)OC(C)(C)C)C2)cc1[N+](=O)[O-]. The van der Waals surface area contributed by atoms with Crippen molar-refractivity contribution in [2.75, 3.05) is 26.7 Å². The monoisotopic (exact) mass is 491 g/mol. The molecule has 0 aromatic heterocycles. The highest BCUT2D eigenvalue weighted by Gasteiger charge is 2.36. The van der Waals surface area contributed by atoms with E-state index in [0.29, 0.717) is 25.6 Å². The van der Waals surface area contributed by atoms with Crippen LogP contribution in [-0.2, 0) is 16.0 Å². The molecule has 10 nitrogen and oxygen atoms in total. The lowest BCUT2D eigenvalue weighted by atomic mass is 10.1. The van der Waals surface area contributed by atoms with Gasteiger partial charge in [0.1, 0.15) is 16.9 Å². The van der Waals surface area contributed by atoms with E-state index in [1.54, 1.807) is 32.7 Å². The van der Waals surface area contributed by atoms with Crippen LogP contribution in [0.2, 0.25) is 0 Å². The molecular weight excluding hydrogens is 463 g/mol. The minimum atomic E-state index is -5.08. The van der Waals surface area contributed by atoms with E-state index in [2.05, 4.69) is 4.74 Å². The van der Waals surface area contributed by atoms with E-state index in [9.17, 15) is 32.9 Å². The number of hydrogen-bond donors (Lipinski definition) is 0. The molecule has 190 valence electrons. The van der Waals surface area contributed by atoms with E-state index >= 15 is 0 Å². The van der Waals surface area contributed by atoms with Crippen molar-refractivity contribution in [1.82, 2.24) is 9.80 Å². The summed E-state index contributed by atoms with van der Waals surface area (Å²) in [4.78, 5) is 38.2. The molecule has 0 aliphatic carbocycles. The van der Waals surface area contributed by atoms with Crippen molar-refractivity contribution in [3.63, 3.8) is 0 Å². The number of benzene rings is 1. The average Bonchev–Trinajstić information content (AvgIpc) is 3.14. The van der Waals surface area contributed by atoms with Crippen LogP contribution in [0.1, 0.15) is 50.0 Å². The number of carbonyl (C=O) groups excluding carboxylic acids is 2. The Hall–Kier alpha value is -3.09. The first-order chi connectivity index (χ1) is 15.6. The number of halogens is 3. The Bertz CT molecular complexity index is 931. The number of nitro benzene ring substituents is 1. The maximum absolute atomic E-state index is 13.0. The second-order valence-corrected chi connectivity index (χ2v) is 8.77. The van der Waals surface area contributed by atoms with E-state index in [0.717, 1.165) is 6.07 Å². The molecule has 1 saturated heterocycles. The average molecular weight is 491 g/mol. The zero-order chi connectivity index (χ0) is 25.8. The molecule has 1 atom stereocenters. The van der Waals surface area contributed by atoms with E-state index in [4.69, 9.17) is 9.47 Å². The van der Waals surface area contributed by atoms with Gasteiger partial charge < -0.3 is 19.1 Å². The summed E-state index contributed by atoms with van der Waals surface area (Å²) in [7, 11) is 1.57. The van der Waals surface area contributed by atoms with Crippen molar-refractivity contribution in [2.24, 2.45) is 0 Å². The molecule has 1 amide bonds. The molecule has 13 heteroatoms. The van der Waals surface area contributed by atoms with Crippen LogP contribution >= 0.6 is 0 Å². The number of rotatable bonds is 7. The highest BCUT2D eigenvalue weighted by molar-refractivity contribution is 5.94. The van der Waals surface area contributed by atoms with Gasteiger partial charge in [0.05, 0.1) is 11.5 Å². The Morgan fingerprint density at radius 1 is 1.26 bits per heavy atom. The van der Waals surface area contributed by atoms with Crippen molar-refractivity contribution in [1.29, 1.82) is 0 Å². The van der Waals surface area contributed by atoms with Crippen LogP contribution in [0, 0.1) is 10.1 Å². The molecule has 1 aliphatic heterocycles. The molecule has 2 rings (SSSR count). The standard InChI is InChI=1S/C21H28F3N3O7/c1-6-32-18(28)15-10-17(33-21(22,23)24)13(9-16(15)27(30)31)11-26-8-7-14(12-26)25(5)19(29)34-20(2,3)4/h9-10,14H,6-8,11-12H2,1-5H3. The van der Waals surface area contributed by atoms with E-state index in [-0.39, 0.29) is 24.8 Å². The summed E-state index contributed by atoms with van der Waals surface area (Å²) in [6.07, 6.45) is -5.09. The molecule has 0 radical (unpaired) electrons. The topological polar surface area (TPSA) is 111 Å². The van der Waals surface area contributed by atoms with Gasteiger partial charge in [-0.05, 0) is 34.1 Å². The summed E-state index contributed by atoms with van der Waals surface area (Å²) in [6, 6.07) is 1.30. The van der Waals surface area contributed by atoms with Crippen LogP contribution in [0.15, 0.2) is 12.1 Å². The molecule has 1 unspecified atom stereocenters. The third-order valence-electron chi connectivity index (χ3n) is 4.97. The number of likely N-dealkylation sites (tertiary alicyclic amines) is 1. The molecule has 1 aliphatic rings. The normalized spacial score (nSPS) is 16.8. The third kappa shape index (κ3) is 7.47. The maximum Gasteiger partial charge on any atom is 0.573 e. The fourth-order valence-electron chi connectivity index (χ4n) is 3.47. The van der Waals surface area contributed by atoms with E-state index in [1.165, 1.54) is 11.8 Å². The number of likely N-dealkylation sites (N-methyl/N-ethyl adjacent to an activating group) is 1. The Morgan fingerprint density at radius 2 is 1.91 bits per heavy atom. The summed E-state index contributed by atoms with van der Waals surface area (Å²) in [5.74, 6) is -1.86. The van der Waals surface area contributed by atoms with Gasteiger partial charge in [0.15, 0.2) is 0 Å². The smallest absolute Gasteiger partial charge is 0.462 e. The summed E-state index contributed by atoms with van der Waals surface area (Å²) >= 11 is 0. The first-order valence-corrected chi connectivity index (χ1v) is 10.5. The number of amides is 1. The van der Waals surface area contributed by atoms with Crippen molar-refractivity contribution < 1.29 is 41.9 Å². The van der Waals surface area contributed by atoms with Gasteiger partial charge in [-0.2, -0.15) is 0 Å². The fraction of sp³-hybridized carbons (Fsp3) is 0.619. The fourth-order valence-corrected chi connectivity index (χ4v) is 3.47. The summed E-state index contributed by atoms with van der Waals surface area (Å²) in [5.41, 5.74) is -2.14. The molecular formula is C21H28F3N3O7. The minimum Gasteiger partial charge on any atom is -0.462 e. The lowest BCUT2D eigenvalue weighted by molar-refractivity contribution is -0.385. The third-order valence-corrected chi connectivity index (χ3v) is 4.97. The first kappa shape index (κ1) is 27.2. The molecule has 1 fully saturated rings. The van der Waals surface area contributed by atoms with Gasteiger partial charge in [0.2, 0.25) is 0 Å². The second kappa shape index (κ2) is 10.5. The quantitative estimate of drug-likeness (QED) is 0.318. The predicted molar refractivity (Wildman–Crippen MR) is 113 cm³/mol. The van der Waals surface area contributed by atoms with Crippen LogP contribution in [0.5, 0.6) is 5.75 Å². The van der Waals surface area contributed by atoms with Gasteiger partial charge in [0.25, 0.3) is 5.69 Å². The molecule has 0 bridgehead atoms. The van der Waals surface area contributed by atoms with Crippen LogP contribution < -0.4 is 4.74 Å². The van der Waals surface area contributed by atoms with Crippen LogP contribution in [-0.4, -0.2) is 71.5 Å². The van der Waals surface area contributed by atoms with Crippen molar-refractivity contribution in [3.8, 4) is 5.75 Å². The van der Waals surface area contributed by atoms with Crippen LogP contribution in [0.3, 0.4) is 0 Å². The van der Waals surface area contributed by atoms with E-state index in [1.807, 2.05) is 0 Å². The number of nitro groups is 1. The molecule has 0 N–H and O–H groups in total. The highest BCUT2D eigenvalue weighted by Crippen LogP contribution is 2.34. The highest BCUT2D eigenvalue weighted by atomic mass is 19.4. The lowest BCUT2D eigenvalue weighted by Crippen LogP contribution is -2.42. The summed E-state index contributed by atoms with van der Waals surface area (Å²) < 4.78 is 53.2. The number of ether oxygens (including phenoxy) is 3. The molecule has 0 spiro atoms. The van der Waals surface area contributed by atoms with Gasteiger partial charge >= 0.3 is 18.4 Å². The van der Waals surface area contributed by atoms with Crippen LogP contribution in [0.4, 0.5) is 23.7 Å². The minimum absolute atomic E-state index is 0.118. The van der Waals surface area contributed by atoms with Crippen molar-refractivity contribution in [3.05, 3.63) is 33.4 Å². The number of nitrogens with zero attached hydrogens (tertiary/aromatic N) is 3. The Labute approximate surface area is 194 Å². The predicted octanol–water partition coefficient (Wildman–Crippen LogP) is 4.11. The molecule has 1 heterocycles. The second-order valence-electron chi connectivity index (χ2n) is 8.77. The lowest BCUT2D eigenvalue weighted by Gasteiger charge is -2.28. The van der Waals surface area contributed by atoms with Crippen LogP contribution in [0.25, 0.3) is 0 Å². The van der Waals surface area contributed by atoms with Gasteiger partial charge in [-0.3, -0.25) is 15.0 Å². The van der Waals surface area contributed by atoms with Gasteiger partial charge in [-0.15, -0.1) is 13.2 Å².